The van der Waals surface area contributed by atoms with Gasteiger partial charge in [0, 0.05) is 24.7 Å². The molecule has 3 aromatic rings. The van der Waals surface area contributed by atoms with Gasteiger partial charge in [0.25, 0.3) is 0 Å². The number of aryl methyl sites for hydroxylation is 2. The second-order valence-electron chi connectivity index (χ2n) is 6.97. The van der Waals surface area contributed by atoms with E-state index in [-0.39, 0.29) is 11.9 Å². The summed E-state index contributed by atoms with van der Waals surface area (Å²) in [6, 6.07) is 12.9. The zero-order valence-corrected chi connectivity index (χ0v) is 15.4. The van der Waals surface area contributed by atoms with Crippen molar-refractivity contribution in [2.45, 2.75) is 20.0 Å². The van der Waals surface area contributed by atoms with Crippen molar-refractivity contribution >= 4 is 16.6 Å². The Bertz CT molecular complexity index is 1040. The Morgan fingerprint density at radius 3 is 2.74 bits per heavy atom. The molecule has 0 aliphatic carbocycles. The molecule has 0 bridgehead atoms. The number of nitrogens with zero attached hydrogens (tertiary/aromatic N) is 3. The lowest BCUT2D eigenvalue weighted by atomic mass is 10.0. The topological polar surface area (TPSA) is 49.2 Å². The van der Waals surface area contributed by atoms with Crippen molar-refractivity contribution in [2.75, 3.05) is 24.6 Å². The molecule has 2 aromatic carbocycles. The van der Waals surface area contributed by atoms with Crippen molar-refractivity contribution < 1.29 is 9.13 Å². The number of ether oxygens (including phenoxy) is 1. The maximum atomic E-state index is 13.3. The van der Waals surface area contributed by atoms with E-state index in [0.717, 1.165) is 33.3 Å². The molecule has 5 heteroatoms. The summed E-state index contributed by atoms with van der Waals surface area (Å²) in [6.07, 6.45) is 1.49. The number of morpholine rings is 1. The van der Waals surface area contributed by atoms with Gasteiger partial charge in [-0.2, -0.15) is 5.26 Å². The van der Waals surface area contributed by atoms with E-state index in [4.69, 9.17) is 4.74 Å². The summed E-state index contributed by atoms with van der Waals surface area (Å²) >= 11 is 0. The SMILES string of the molecule is Cc1cc(C)c2ncc(C#N)c(N3CCOC(c4ccc(F)cc4)C3)c2c1. The third kappa shape index (κ3) is 3.24. The minimum absolute atomic E-state index is 0.167. The van der Waals surface area contributed by atoms with E-state index in [1.807, 2.05) is 6.92 Å². The highest BCUT2D eigenvalue weighted by atomic mass is 19.1. The summed E-state index contributed by atoms with van der Waals surface area (Å²) in [5.74, 6) is -0.260. The molecule has 4 nitrogen and oxygen atoms in total. The number of rotatable bonds is 2. The lowest BCUT2D eigenvalue weighted by molar-refractivity contribution is 0.0398. The van der Waals surface area contributed by atoms with Crippen molar-refractivity contribution in [3.05, 3.63) is 70.7 Å². The van der Waals surface area contributed by atoms with E-state index in [1.54, 1.807) is 18.3 Å². The van der Waals surface area contributed by atoms with Crippen LogP contribution in [0.5, 0.6) is 0 Å². The Labute approximate surface area is 157 Å². The highest BCUT2D eigenvalue weighted by molar-refractivity contribution is 5.96. The van der Waals surface area contributed by atoms with E-state index in [2.05, 4.69) is 35.0 Å². The van der Waals surface area contributed by atoms with Gasteiger partial charge in [0.1, 0.15) is 18.0 Å². The first-order valence-corrected chi connectivity index (χ1v) is 8.99. The Balaban J connectivity index is 1.79. The molecule has 4 rings (SSSR count). The van der Waals surface area contributed by atoms with Crippen LogP contribution in [-0.4, -0.2) is 24.7 Å². The summed E-state index contributed by atoms with van der Waals surface area (Å²) in [7, 11) is 0. The first-order chi connectivity index (χ1) is 13.1. The van der Waals surface area contributed by atoms with E-state index in [0.29, 0.717) is 25.3 Å². The van der Waals surface area contributed by atoms with Crippen LogP contribution in [0, 0.1) is 31.0 Å². The molecule has 136 valence electrons. The number of benzene rings is 2. The first-order valence-electron chi connectivity index (χ1n) is 8.99. The van der Waals surface area contributed by atoms with Gasteiger partial charge in [0.05, 0.1) is 23.4 Å². The average Bonchev–Trinajstić information content (AvgIpc) is 2.67. The van der Waals surface area contributed by atoms with E-state index < -0.39 is 0 Å². The molecule has 0 N–H and O–H groups in total. The summed E-state index contributed by atoms with van der Waals surface area (Å²) in [6.45, 7) is 5.93. The average molecular weight is 361 g/mol. The van der Waals surface area contributed by atoms with Crippen LogP contribution in [0.1, 0.15) is 28.4 Å². The van der Waals surface area contributed by atoms with E-state index >= 15 is 0 Å². The molecule has 2 heterocycles. The fourth-order valence-electron chi connectivity index (χ4n) is 3.80. The minimum atomic E-state index is -0.260. The molecule has 1 aromatic heterocycles. The highest BCUT2D eigenvalue weighted by Crippen LogP contribution is 2.35. The predicted octanol–water partition coefficient (Wildman–Crippen LogP) is 4.44. The van der Waals surface area contributed by atoms with Gasteiger partial charge >= 0.3 is 0 Å². The number of nitriles is 1. The molecule has 1 aliphatic rings. The van der Waals surface area contributed by atoms with Crippen molar-refractivity contribution in [3.8, 4) is 6.07 Å². The lowest BCUT2D eigenvalue weighted by Crippen LogP contribution is -2.39. The lowest BCUT2D eigenvalue weighted by Gasteiger charge is -2.36. The number of halogens is 1. The van der Waals surface area contributed by atoms with Crippen LogP contribution in [0.2, 0.25) is 0 Å². The van der Waals surface area contributed by atoms with Gasteiger partial charge < -0.3 is 9.64 Å². The number of pyridine rings is 1. The molecule has 1 atom stereocenters. The summed E-state index contributed by atoms with van der Waals surface area (Å²) in [5.41, 5.74) is 5.56. The van der Waals surface area contributed by atoms with Crippen LogP contribution in [0.4, 0.5) is 10.1 Å². The van der Waals surface area contributed by atoms with Crippen LogP contribution in [0.3, 0.4) is 0 Å². The van der Waals surface area contributed by atoms with Gasteiger partial charge in [-0.3, -0.25) is 4.98 Å². The smallest absolute Gasteiger partial charge is 0.123 e. The zero-order valence-electron chi connectivity index (χ0n) is 15.4. The standard InChI is InChI=1S/C22H20FN3O/c1-14-9-15(2)21-19(10-14)22(17(11-24)12-25-21)26-7-8-27-20(13-26)16-3-5-18(23)6-4-16/h3-6,9-10,12,20H,7-8,13H2,1-2H3. The Kier molecular flexibility index (Phi) is 4.51. The molecular formula is C22H20FN3O. The second-order valence-corrected chi connectivity index (χ2v) is 6.97. The quantitative estimate of drug-likeness (QED) is 0.677. The zero-order chi connectivity index (χ0) is 19.0. The van der Waals surface area contributed by atoms with Crippen LogP contribution >= 0.6 is 0 Å². The van der Waals surface area contributed by atoms with Crippen LogP contribution in [0.15, 0.2) is 42.6 Å². The van der Waals surface area contributed by atoms with Crippen LogP contribution < -0.4 is 4.90 Å². The third-order valence-corrected chi connectivity index (χ3v) is 5.02. The molecule has 0 radical (unpaired) electrons. The molecule has 0 spiro atoms. The molecule has 0 saturated carbocycles. The van der Waals surface area contributed by atoms with Crippen molar-refractivity contribution in [1.29, 1.82) is 5.26 Å². The predicted molar refractivity (Wildman–Crippen MR) is 103 cm³/mol. The number of fused-ring (bicyclic) bond motifs is 1. The molecular weight excluding hydrogens is 341 g/mol. The maximum Gasteiger partial charge on any atom is 0.123 e. The summed E-state index contributed by atoms with van der Waals surface area (Å²) in [5, 5.41) is 10.7. The van der Waals surface area contributed by atoms with Gasteiger partial charge in [-0.1, -0.05) is 23.8 Å². The number of anilines is 1. The van der Waals surface area contributed by atoms with E-state index in [1.165, 1.54) is 12.1 Å². The van der Waals surface area contributed by atoms with Crippen LogP contribution in [-0.2, 0) is 4.74 Å². The van der Waals surface area contributed by atoms with Gasteiger partial charge in [-0.25, -0.2) is 4.39 Å². The molecule has 1 saturated heterocycles. The summed E-state index contributed by atoms with van der Waals surface area (Å²) in [4.78, 5) is 6.71. The molecule has 0 amide bonds. The highest BCUT2D eigenvalue weighted by Gasteiger charge is 2.26. The number of hydrogen-bond acceptors (Lipinski definition) is 4. The van der Waals surface area contributed by atoms with Gasteiger partial charge in [0.2, 0.25) is 0 Å². The molecule has 27 heavy (non-hydrogen) atoms. The third-order valence-electron chi connectivity index (χ3n) is 5.02. The minimum Gasteiger partial charge on any atom is -0.370 e. The van der Waals surface area contributed by atoms with Gasteiger partial charge in [-0.15, -0.1) is 0 Å². The second kappa shape index (κ2) is 6.98. The van der Waals surface area contributed by atoms with Crippen molar-refractivity contribution in [2.24, 2.45) is 0 Å². The fourth-order valence-corrected chi connectivity index (χ4v) is 3.80. The van der Waals surface area contributed by atoms with Crippen molar-refractivity contribution in [1.82, 2.24) is 4.98 Å². The monoisotopic (exact) mass is 361 g/mol. The van der Waals surface area contributed by atoms with Crippen LogP contribution in [0.25, 0.3) is 10.9 Å². The normalized spacial score (nSPS) is 17.1. The molecule has 1 fully saturated rings. The summed E-state index contributed by atoms with van der Waals surface area (Å²) < 4.78 is 19.2. The molecule has 1 unspecified atom stereocenters. The fraction of sp³-hybridized carbons (Fsp3) is 0.273. The largest absolute Gasteiger partial charge is 0.370 e. The van der Waals surface area contributed by atoms with Gasteiger partial charge in [-0.05, 0) is 43.2 Å². The van der Waals surface area contributed by atoms with Crippen molar-refractivity contribution in [3.63, 3.8) is 0 Å². The molecule has 1 aliphatic heterocycles. The van der Waals surface area contributed by atoms with E-state index in [9.17, 15) is 9.65 Å². The van der Waals surface area contributed by atoms with Gasteiger partial charge in [0.15, 0.2) is 0 Å². The Morgan fingerprint density at radius 1 is 1.22 bits per heavy atom. The Morgan fingerprint density at radius 2 is 2.00 bits per heavy atom. The number of aromatic nitrogens is 1. The number of hydrogen-bond donors (Lipinski definition) is 0. The first kappa shape index (κ1) is 17.4. The maximum absolute atomic E-state index is 13.3. The Hall–Kier alpha value is -2.97.